The minimum Gasteiger partial charge on any atom is -0.366 e. The Kier molecular flexibility index (Phi) is 4.96. The van der Waals surface area contributed by atoms with Crippen LogP contribution in [0, 0.1) is 0 Å². The Labute approximate surface area is 158 Å². The van der Waals surface area contributed by atoms with Gasteiger partial charge in [0.25, 0.3) is 0 Å². The van der Waals surface area contributed by atoms with Crippen LogP contribution in [-0.4, -0.2) is 24.9 Å². The maximum absolute atomic E-state index is 5.96. The predicted molar refractivity (Wildman–Crippen MR) is 108 cm³/mol. The van der Waals surface area contributed by atoms with E-state index in [1.807, 2.05) is 30.3 Å². The molecule has 3 aromatic rings. The van der Waals surface area contributed by atoms with Gasteiger partial charge in [-0.15, -0.1) is 0 Å². The number of methoxy groups -OCH3 is 1. The SMILES string of the molecule is COC1CCCN1c1cc(NCc2ccc(Cl)cc2)nc2ccccc12. The van der Waals surface area contributed by atoms with Gasteiger partial charge in [-0.25, -0.2) is 4.98 Å². The summed E-state index contributed by atoms with van der Waals surface area (Å²) >= 11 is 5.96. The highest BCUT2D eigenvalue weighted by molar-refractivity contribution is 6.30. The molecule has 1 N–H and O–H groups in total. The van der Waals surface area contributed by atoms with Gasteiger partial charge < -0.3 is 15.0 Å². The Morgan fingerprint density at radius 3 is 2.81 bits per heavy atom. The normalized spacial score (nSPS) is 17.0. The number of benzene rings is 2. The molecule has 0 bridgehead atoms. The maximum atomic E-state index is 5.96. The third-order valence-corrected chi connectivity index (χ3v) is 5.11. The van der Waals surface area contributed by atoms with E-state index < -0.39 is 0 Å². The molecule has 2 heterocycles. The monoisotopic (exact) mass is 367 g/mol. The summed E-state index contributed by atoms with van der Waals surface area (Å²) < 4.78 is 5.68. The smallest absolute Gasteiger partial charge is 0.129 e. The van der Waals surface area contributed by atoms with E-state index in [9.17, 15) is 0 Å². The number of ether oxygens (including phenoxy) is 1. The predicted octanol–water partition coefficient (Wildman–Crippen LogP) is 5.07. The molecule has 1 saturated heterocycles. The molecule has 4 nitrogen and oxygen atoms in total. The van der Waals surface area contributed by atoms with Crippen LogP contribution >= 0.6 is 11.6 Å². The molecule has 0 amide bonds. The quantitative estimate of drug-likeness (QED) is 0.682. The number of fused-ring (bicyclic) bond motifs is 1. The number of pyridine rings is 1. The van der Waals surface area contributed by atoms with Crippen LogP contribution in [0.3, 0.4) is 0 Å². The second-order valence-corrected chi connectivity index (χ2v) is 6.99. The van der Waals surface area contributed by atoms with E-state index in [0.29, 0.717) is 6.54 Å². The number of nitrogens with zero attached hydrogens (tertiary/aromatic N) is 2. The summed E-state index contributed by atoms with van der Waals surface area (Å²) in [6.07, 6.45) is 2.33. The molecular formula is C21H22ClN3O. The number of rotatable bonds is 5. The molecule has 1 aliphatic heterocycles. The minimum absolute atomic E-state index is 0.130. The van der Waals surface area contributed by atoms with Gasteiger partial charge in [-0.3, -0.25) is 0 Å². The number of halogens is 1. The van der Waals surface area contributed by atoms with Crippen molar-refractivity contribution in [2.24, 2.45) is 0 Å². The van der Waals surface area contributed by atoms with Crippen molar-refractivity contribution in [3.63, 3.8) is 0 Å². The van der Waals surface area contributed by atoms with Crippen molar-refractivity contribution in [1.82, 2.24) is 4.98 Å². The van der Waals surface area contributed by atoms with Crippen molar-refractivity contribution in [2.45, 2.75) is 25.6 Å². The number of para-hydroxylation sites is 1. The van der Waals surface area contributed by atoms with Gasteiger partial charge >= 0.3 is 0 Å². The van der Waals surface area contributed by atoms with Crippen molar-refractivity contribution >= 4 is 34.0 Å². The summed E-state index contributed by atoms with van der Waals surface area (Å²) in [4.78, 5) is 7.13. The first-order valence-electron chi connectivity index (χ1n) is 8.92. The first-order chi connectivity index (χ1) is 12.7. The first kappa shape index (κ1) is 17.1. The highest BCUT2D eigenvalue weighted by Gasteiger charge is 2.26. The van der Waals surface area contributed by atoms with Crippen LogP contribution in [0.1, 0.15) is 18.4 Å². The number of nitrogens with one attached hydrogen (secondary N) is 1. The van der Waals surface area contributed by atoms with Gasteiger partial charge in [0, 0.05) is 36.7 Å². The van der Waals surface area contributed by atoms with E-state index in [1.165, 1.54) is 11.3 Å². The van der Waals surface area contributed by atoms with Crippen LogP contribution in [0.15, 0.2) is 54.6 Å². The van der Waals surface area contributed by atoms with E-state index in [1.54, 1.807) is 7.11 Å². The van der Waals surface area contributed by atoms with Crippen molar-refractivity contribution in [3.8, 4) is 0 Å². The van der Waals surface area contributed by atoms with E-state index in [-0.39, 0.29) is 6.23 Å². The summed E-state index contributed by atoms with van der Waals surface area (Å²) in [5.41, 5.74) is 3.34. The molecular weight excluding hydrogens is 346 g/mol. The molecule has 1 unspecified atom stereocenters. The standard InChI is InChI=1S/C21H22ClN3O/c1-26-21-7-4-12-25(21)19-13-20(24-18-6-3-2-5-17(18)19)23-14-15-8-10-16(22)11-9-15/h2-3,5-6,8-11,13,21H,4,7,12,14H2,1H3,(H,23,24). The fourth-order valence-electron chi connectivity index (χ4n) is 3.54. The third kappa shape index (κ3) is 3.48. The van der Waals surface area contributed by atoms with Crippen LogP contribution in [0.5, 0.6) is 0 Å². The second-order valence-electron chi connectivity index (χ2n) is 6.55. The third-order valence-electron chi connectivity index (χ3n) is 4.86. The topological polar surface area (TPSA) is 37.4 Å². The second kappa shape index (κ2) is 7.52. The van der Waals surface area contributed by atoms with Crippen molar-refractivity contribution < 1.29 is 4.74 Å². The molecule has 0 radical (unpaired) electrons. The molecule has 1 aromatic heterocycles. The molecule has 0 aliphatic carbocycles. The molecule has 1 fully saturated rings. The van der Waals surface area contributed by atoms with E-state index >= 15 is 0 Å². The zero-order valence-electron chi connectivity index (χ0n) is 14.8. The molecule has 5 heteroatoms. The molecule has 0 saturated carbocycles. The number of aromatic nitrogens is 1. The van der Waals surface area contributed by atoms with Gasteiger partial charge in [-0.2, -0.15) is 0 Å². The molecule has 1 aliphatic rings. The summed E-state index contributed by atoms with van der Waals surface area (Å²) in [7, 11) is 1.78. The number of hydrogen-bond donors (Lipinski definition) is 1. The average Bonchev–Trinajstić information content (AvgIpc) is 3.15. The Hall–Kier alpha value is -2.30. The van der Waals surface area contributed by atoms with E-state index in [0.717, 1.165) is 41.1 Å². The Morgan fingerprint density at radius 2 is 2.00 bits per heavy atom. The summed E-state index contributed by atoms with van der Waals surface area (Å²) in [5.74, 6) is 0.871. The highest BCUT2D eigenvalue weighted by Crippen LogP contribution is 2.33. The van der Waals surface area contributed by atoms with Crippen LogP contribution in [0.25, 0.3) is 10.9 Å². The Bertz CT molecular complexity index is 897. The lowest BCUT2D eigenvalue weighted by Crippen LogP contribution is -2.30. The zero-order valence-corrected chi connectivity index (χ0v) is 15.5. The zero-order chi connectivity index (χ0) is 17.9. The van der Waals surface area contributed by atoms with Crippen LogP contribution in [-0.2, 0) is 11.3 Å². The molecule has 26 heavy (non-hydrogen) atoms. The lowest BCUT2D eigenvalue weighted by molar-refractivity contribution is 0.111. The van der Waals surface area contributed by atoms with Crippen LogP contribution < -0.4 is 10.2 Å². The molecule has 134 valence electrons. The Morgan fingerprint density at radius 1 is 1.19 bits per heavy atom. The van der Waals surface area contributed by atoms with Crippen molar-refractivity contribution in [1.29, 1.82) is 0 Å². The fourth-order valence-corrected chi connectivity index (χ4v) is 3.66. The van der Waals surface area contributed by atoms with E-state index in [4.69, 9.17) is 21.3 Å². The van der Waals surface area contributed by atoms with Gasteiger partial charge in [0.05, 0.1) is 11.2 Å². The maximum Gasteiger partial charge on any atom is 0.129 e. The number of hydrogen-bond acceptors (Lipinski definition) is 4. The van der Waals surface area contributed by atoms with Crippen molar-refractivity contribution in [3.05, 3.63) is 65.2 Å². The van der Waals surface area contributed by atoms with Gasteiger partial charge in [0.15, 0.2) is 0 Å². The van der Waals surface area contributed by atoms with Crippen molar-refractivity contribution in [2.75, 3.05) is 23.9 Å². The van der Waals surface area contributed by atoms with Gasteiger partial charge in [0.1, 0.15) is 12.0 Å². The summed E-state index contributed by atoms with van der Waals surface area (Å²) in [6.45, 7) is 1.71. The summed E-state index contributed by atoms with van der Waals surface area (Å²) in [5, 5.41) is 5.36. The first-order valence-corrected chi connectivity index (χ1v) is 9.30. The average molecular weight is 368 g/mol. The number of anilines is 2. The molecule has 4 rings (SSSR count). The van der Waals surface area contributed by atoms with Crippen LogP contribution in [0.2, 0.25) is 5.02 Å². The van der Waals surface area contributed by atoms with Gasteiger partial charge in [0.2, 0.25) is 0 Å². The summed E-state index contributed by atoms with van der Waals surface area (Å²) in [6, 6.07) is 18.3. The molecule has 1 atom stereocenters. The van der Waals surface area contributed by atoms with E-state index in [2.05, 4.69) is 34.5 Å². The van der Waals surface area contributed by atoms with Crippen LogP contribution in [0.4, 0.5) is 11.5 Å². The molecule has 2 aromatic carbocycles. The largest absolute Gasteiger partial charge is 0.366 e. The van der Waals surface area contributed by atoms with Gasteiger partial charge in [-0.05, 0) is 36.6 Å². The lowest BCUT2D eigenvalue weighted by atomic mass is 10.1. The Balaban J connectivity index is 1.66. The minimum atomic E-state index is 0.130. The van der Waals surface area contributed by atoms with Gasteiger partial charge in [-0.1, -0.05) is 41.9 Å². The highest BCUT2D eigenvalue weighted by atomic mass is 35.5. The molecule has 0 spiro atoms. The fraction of sp³-hybridized carbons (Fsp3) is 0.286. The lowest BCUT2D eigenvalue weighted by Gasteiger charge is -2.27.